The van der Waals surface area contributed by atoms with Gasteiger partial charge in [0.15, 0.2) is 0 Å². The average Bonchev–Trinajstić information content (AvgIpc) is 3.66. The van der Waals surface area contributed by atoms with Crippen LogP contribution in [0.25, 0.3) is 83.9 Å². The first kappa shape index (κ1) is 38.5. The maximum atomic E-state index is 12.4. The van der Waals surface area contributed by atoms with E-state index in [4.69, 9.17) is 9.97 Å². The van der Waals surface area contributed by atoms with Crippen molar-refractivity contribution < 1.29 is 5.11 Å². The average molecular weight is 780 g/mol. The molecular weight excluding hydrogens is 731 g/mol. The lowest BCUT2D eigenvalue weighted by Crippen LogP contribution is -2.17. The van der Waals surface area contributed by atoms with E-state index in [-0.39, 0.29) is 16.6 Å². The highest BCUT2D eigenvalue weighted by atomic mass is 16.3. The van der Waals surface area contributed by atoms with Gasteiger partial charge in [-0.1, -0.05) is 187 Å². The van der Waals surface area contributed by atoms with Crippen LogP contribution in [0.3, 0.4) is 0 Å². The first-order valence-corrected chi connectivity index (χ1v) is 20.7. The van der Waals surface area contributed by atoms with Crippen molar-refractivity contribution in [3.63, 3.8) is 0 Å². The number of pyridine rings is 1. The Morgan fingerprint density at radius 2 is 1.05 bits per heavy atom. The van der Waals surface area contributed by atoms with E-state index in [2.05, 4.69) is 210 Å². The highest BCUT2D eigenvalue weighted by Gasteiger charge is 2.29. The second kappa shape index (κ2) is 15.3. The van der Waals surface area contributed by atoms with E-state index in [1.165, 1.54) is 0 Å². The zero-order chi connectivity index (χ0) is 41.6. The van der Waals surface area contributed by atoms with Crippen molar-refractivity contribution >= 4 is 11.0 Å². The quantitative estimate of drug-likeness (QED) is 0.175. The molecule has 294 valence electrons. The zero-order valence-corrected chi connectivity index (χ0v) is 35.1. The fraction of sp³-hybridized carbons (Fsp3) is 0.143. The Hall–Kier alpha value is -7.04. The van der Waals surface area contributed by atoms with Gasteiger partial charge in [-0.3, -0.25) is 9.55 Å². The summed E-state index contributed by atoms with van der Waals surface area (Å²) in [5, 5.41) is 12.4. The number of nitrogens with zero attached hydrogens (tertiary/aromatic N) is 3. The first-order chi connectivity index (χ1) is 29.0. The lowest BCUT2D eigenvalue weighted by atomic mass is 9.79. The van der Waals surface area contributed by atoms with Gasteiger partial charge in [-0.05, 0) is 74.5 Å². The molecule has 0 fully saturated rings. The maximum absolute atomic E-state index is 12.4. The van der Waals surface area contributed by atoms with Crippen LogP contribution in [0.4, 0.5) is 0 Å². The van der Waals surface area contributed by atoms with Crippen LogP contribution in [0, 0.1) is 0 Å². The van der Waals surface area contributed by atoms with Crippen LogP contribution in [0.2, 0.25) is 0 Å². The number of phenols is 1. The van der Waals surface area contributed by atoms with E-state index in [0.717, 1.165) is 83.6 Å². The van der Waals surface area contributed by atoms with Crippen LogP contribution in [-0.4, -0.2) is 19.6 Å². The maximum Gasteiger partial charge on any atom is 0.149 e. The molecule has 4 nitrogen and oxygen atoms in total. The van der Waals surface area contributed by atoms with Crippen molar-refractivity contribution in [3.05, 3.63) is 193 Å². The predicted molar refractivity (Wildman–Crippen MR) is 251 cm³/mol. The second-order valence-corrected chi connectivity index (χ2v) is 17.7. The number of aromatic hydroxyl groups is 1. The summed E-state index contributed by atoms with van der Waals surface area (Å²) in [5.74, 6) is 0.938. The fourth-order valence-corrected chi connectivity index (χ4v) is 8.24. The molecule has 0 radical (unpaired) electrons. The highest BCUT2D eigenvalue weighted by Crippen LogP contribution is 2.46. The van der Waals surface area contributed by atoms with Crippen molar-refractivity contribution in [2.45, 2.75) is 52.4 Å². The Morgan fingerprint density at radius 1 is 0.450 bits per heavy atom. The summed E-state index contributed by atoms with van der Waals surface area (Å²) in [6.07, 6.45) is 1.96. The van der Waals surface area contributed by atoms with E-state index in [0.29, 0.717) is 11.4 Å². The standard InChI is InChI=1S/C56H49N3O/c1-55(2,3)42-34-47(53(60)48(35-42)56(4,5)6)54-58-52-45(26-18-28-51(52)59(54)50-27-17-16-25-44(50)39-23-14-9-15-24-39)46-33-40(29-31-43(46)38-21-12-8-13-22-38)49-32-30-41(36-57-49)37-19-10-7-11-20-37/h7-36,60H,1-6H3. The Bertz CT molecular complexity index is 2970. The Balaban J connectivity index is 1.34. The molecule has 0 amide bonds. The first-order valence-electron chi connectivity index (χ1n) is 20.7. The number of benzene rings is 7. The van der Waals surface area contributed by atoms with E-state index < -0.39 is 0 Å². The van der Waals surface area contributed by atoms with Crippen molar-refractivity contribution in [1.82, 2.24) is 14.5 Å². The lowest BCUT2D eigenvalue weighted by molar-refractivity contribution is 0.446. The number of hydrogen-bond donors (Lipinski definition) is 1. The van der Waals surface area contributed by atoms with Gasteiger partial charge in [-0.25, -0.2) is 4.98 Å². The summed E-state index contributed by atoms with van der Waals surface area (Å²) >= 11 is 0. The summed E-state index contributed by atoms with van der Waals surface area (Å²) < 4.78 is 2.25. The summed E-state index contributed by atoms with van der Waals surface area (Å²) in [5.41, 5.74) is 15.6. The number of rotatable bonds is 7. The lowest BCUT2D eigenvalue weighted by Gasteiger charge is -2.27. The van der Waals surface area contributed by atoms with Gasteiger partial charge in [-0.2, -0.15) is 0 Å². The van der Waals surface area contributed by atoms with E-state index in [9.17, 15) is 5.11 Å². The monoisotopic (exact) mass is 779 g/mol. The topological polar surface area (TPSA) is 50.9 Å². The van der Waals surface area contributed by atoms with Gasteiger partial charge >= 0.3 is 0 Å². The van der Waals surface area contributed by atoms with Crippen LogP contribution in [-0.2, 0) is 10.8 Å². The minimum absolute atomic E-state index is 0.176. The third kappa shape index (κ3) is 7.20. The molecule has 2 aromatic heterocycles. The van der Waals surface area contributed by atoms with Crippen molar-refractivity contribution in [2.75, 3.05) is 0 Å². The van der Waals surface area contributed by atoms with Crippen LogP contribution in [0.5, 0.6) is 5.75 Å². The van der Waals surface area contributed by atoms with Gasteiger partial charge in [-0.15, -0.1) is 0 Å². The molecular formula is C56H49N3O. The molecule has 4 heteroatoms. The molecule has 9 aromatic rings. The van der Waals surface area contributed by atoms with Gasteiger partial charge in [0.25, 0.3) is 0 Å². The molecule has 0 aliphatic heterocycles. The fourth-order valence-electron chi connectivity index (χ4n) is 8.24. The number of fused-ring (bicyclic) bond motifs is 1. The number of phenolic OH excluding ortho intramolecular Hbond substituents is 1. The molecule has 0 unspecified atom stereocenters. The van der Waals surface area contributed by atoms with Crippen molar-refractivity contribution in [2.24, 2.45) is 0 Å². The van der Waals surface area contributed by atoms with Gasteiger partial charge in [0, 0.05) is 34.0 Å². The third-order valence-corrected chi connectivity index (χ3v) is 11.5. The normalized spacial score (nSPS) is 11.9. The van der Waals surface area contributed by atoms with Crippen LogP contribution in [0.1, 0.15) is 52.7 Å². The molecule has 0 saturated carbocycles. The minimum atomic E-state index is -0.317. The number of para-hydroxylation sites is 2. The predicted octanol–water partition coefficient (Wildman–Crippen LogP) is 14.7. The molecule has 0 atom stereocenters. The zero-order valence-electron chi connectivity index (χ0n) is 35.1. The number of aromatic nitrogens is 3. The summed E-state index contributed by atoms with van der Waals surface area (Å²) in [7, 11) is 0. The highest BCUT2D eigenvalue weighted by molar-refractivity contribution is 6.01. The molecule has 2 heterocycles. The molecule has 1 N–H and O–H groups in total. The minimum Gasteiger partial charge on any atom is -0.507 e. The van der Waals surface area contributed by atoms with Crippen LogP contribution in [0.15, 0.2) is 182 Å². The van der Waals surface area contributed by atoms with Crippen LogP contribution < -0.4 is 0 Å². The Morgan fingerprint density at radius 3 is 1.68 bits per heavy atom. The third-order valence-electron chi connectivity index (χ3n) is 11.5. The SMILES string of the molecule is CC(C)(C)c1cc(-c2nc3c(-c4cc(-c5ccc(-c6ccccc6)cn5)ccc4-c4ccccc4)cccc3n2-c2ccccc2-c2ccccc2)c(O)c(C(C)(C)C)c1. The molecule has 0 saturated heterocycles. The molecule has 0 aliphatic rings. The summed E-state index contributed by atoms with van der Waals surface area (Å²) in [6.45, 7) is 13.2. The molecule has 0 spiro atoms. The summed E-state index contributed by atoms with van der Waals surface area (Å²) in [6, 6.07) is 61.6. The van der Waals surface area contributed by atoms with Crippen LogP contribution >= 0.6 is 0 Å². The van der Waals surface area contributed by atoms with Crippen molar-refractivity contribution in [3.8, 4) is 78.6 Å². The molecule has 9 rings (SSSR count). The Kier molecular flexibility index (Phi) is 9.80. The molecule has 0 bridgehead atoms. The van der Waals surface area contributed by atoms with Crippen molar-refractivity contribution in [1.29, 1.82) is 0 Å². The van der Waals surface area contributed by atoms with Gasteiger partial charge in [0.1, 0.15) is 11.6 Å². The molecule has 0 aliphatic carbocycles. The Labute approximate surface area is 353 Å². The smallest absolute Gasteiger partial charge is 0.149 e. The molecule has 7 aromatic carbocycles. The summed E-state index contributed by atoms with van der Waals surface area (Å²) in [4.78, 5) is 10.6. The number of hydrogen-bond acceptors (Lipinski definition) is 3. The van der Waals surface area contributed by atoms with E-state index >= 15 is 0 Å². The molecule has 60 heavy (non-hydrogen) atoms. The van der Waals surface area contributed by atoms with E-state index in [1.807, 2.05) is 18.3 Å². The second-order valence-electron chi connectivity index (χ2n) is 17.7. The van der Waals surface area contributed by atoms with Gasteiger partial charge in [0.05, 0.1) is 28.0 Å². The van der Waals surface area contributed by atoms with Gasteiger partial charge < -0.3 is 5.11 Å². The largest absolute Gasteiger partial charge is 0.507 e. The van der Waals surface area contributed by atoms with Gasteiger partial charge in [0.2, 0.25) is 0 Å². The number of imidazole rings is 1. The van der Waals surface area contributed by atoms with E-state index in [1.54, 1.807) is 0 Å².